The van der Waals surface area contributed by atoms with Crippen LogP contribution in [-0.4, -0.2) is 35.0 Å². The first-order valence-corrected chi connectivity index (χ1v) is 8.96. The van der Waals surface area contributed by atoms with Crippen LogP contribution in [0.1, 0.15) is 18.4 Å². The summed E-state index contributed by atoms with van der Waals surface area (Å²) in [6, 6.07) is 14.6. The first kappa shape index (κ1) is 17.8. The Morgan fingerprint density at radius 3 is 2.71 bits per heavy atom. The molecule has 1 aliphatic heterocycles. The second kappa shape index (κ2) is 7.19. The molecule has 3 aromatic rings. The van der Waals surface area contributed by atoms with Gasteiger partial charge in [0.25, 0.3) is 0 Å². The van der Waals surface area contributed by atoms with Gasteiger partial charge >= 0.3 is 5.97 Å². The van der Waals surface area contributed by atoms with E-state index in [9.17, 15) is 9.90 Å². The van der Waals surface area contributed by atoms with Gasteiger partial charge in [0.2, 0.25) is 5.89 Å². The van der Waals surface area contributed by atoms with Crippen LogP contribution in [0.5, 0.6) is 0 Å². The minimum atomic E-state index is -0.276. The zero-order valence-electron chi connectivity index (χ0n) is 15.3. The van der Waals surface area contributed by atoms with E-state index in [2.05, 4.69) is 4.98 Å². The lowest BCUT2D eigenvalue weighted by Crippen LogP contribution is -2.26. The second-order valence-corrected chi connectivity index (χ2v) is 6.39. The minimum Gasteiger partial charge on any atom is -0.509 e. The van der Waals surface area contributed by atoms with Crippen molar-refractivity contribution in [2.45, 2.75) is 13.3 Å². The average Bonchev–Trinajstić information content (AvgIpc) is 3.22. The summed E-state index contributed by atoms with van der Waals surface area (Å²) in [6.07, 6.45) is 0.198. The second-order valence-electron chi connectivity index (χ2n) is 6.39. The number of aliphatic hydroxyl groups is 1. The van der Waals surface area contributed by atoms with Crippen LogP contribution in [0, 0.1) is 5.41 Å². The van der Waals surface area contributed by atoms with E-state index in [1.54, 1.807) is 17.9 Å². The molecule has 0 spiro atoms. The van der Waals surface area contributed by atoms with Crippen LogP contribution in [0.15, 0.2) is 58.7 Å². The van der Waals surface area contributed by atoms with Crippen LogP contribution >= 0.6 is 0 Å². The van der Waals surface area contributed by atoms with Gasteiger partial charge in [-0.1, -0.05) is 24.3 Å². The Bertz CT molecular complexity index is 1050. The summed E-state index contributed by atoms with van der Waals surface area (Å²) in [5, 5.41) is 18.9. The van der Waals surface area contributed by atoms with E-state index in [4.69, 9.17) is 14.6 Å². The first-order valence-electron chi connectivity index (χ1n) is 8.96. The van der Waals surface area contributed by atoms with Crippen molar-refractivity contribution < 1.29 is 19.1 Å². The molecule has 4 rings (SSSR count). The number of aliphatic hydroxyl groups excluding tert-OH is 1. The predicted molar refractivity (Wildman–Crippen MR) is 105 cm³/mol. The lowest BCUT2D eigenvalue weighted by Gasteiger charge is -2.18. The molecule has 7 nitrogen and oxygen atoms in total. The van der Waals surface area contributed by atoms with Gasteiger partial charge in [0.15, 0.2) is 5.58 Å². The van der Waals surface area contributed by atoms with Crippen molar-refractivity contribution in [3.05, 3.63) is 65.7 Å². The molecule has 28 heavy (non-hydrogen) atoms. The van der Waals surface area contributed by atoms with Gasteiger partial charge in [-0.3, -0.25) is 10.2 Å². The van der Waals surface area contributed by atoms with Crippen molar-refractivity contribution in [2.75, 3.05) is 18.1 Å². The number of ether oxygens (including phenoxy) is 1. The van der Waals surface area contributed by atoms with Gasteiger partial charge in [-0.15, -0.1) is 0 Å². The number of carbonyl (C=O) groups excluding carboxylic acids is 1. The Balaban J connectivity index is 1.55. The van der Waals surface area contributed by atoms with Crippen LogP contribution in [-0.2, 0) is 16.0 Å². The zero-order chi connectivity index (χ0) is 19.7. The Labute approximate surface area is 161 Å². The fourth-order valence-corrected chi connectivity index (χ4v) is 3.18. The van der Waals surface area contributed by atoms with E-state index in [-0.39, 0.29) is 42.0 Å². The molecule has 0 unspecified atom stereocenters. The lowest BCUT2D eigenvalue weighted by molar-refractivity contribution is -0.142. The molecule has 0 saturated carbocycles. The fraction of sp³-hybridized carbons (Fsp3) is 0.190. The molecule has 1 aromatic heterocycles. The largest absolute Gasteiger partial charge is 0.509 e. The molecule has 142 valence electrons. The quantitative estimate of drug-likeness (QED) is 0.658. The number of carbonyl (C=O) groups is 1. The third-order valence-corrected chi connectivity index (χ3v) is 4.51. The number of hydrogen-bond acceptors (Lipinski definition) is 6. The highest BCUT2D eigenvalue weighted by molar-refractivity contribution is 6.30. The maximum absolute atomic E-state index is 11.6. The summed E-state index contributed by atoms with van der Waals surface area (Å²) >= 11 is 0. The van der Waals surface area contributed by atoms with Gasteiger partial charge < -0.3 is 19.2 Å². The van der Waals surface area contributed by atoms with Crippen molar-refractivity contribution in [1.29, 1.82) is 5.41 Å². The number of fused-ring (bicyclic) bond motifs is 1. The summed E-state index contributed by atoms with van der Waals surface area (Å²) in [7, 11) is 0. The number of anilines is 1. The highest BCUT2D eigenvalue weighted by Gasteiger charge is 2.32. The number of oxazole rings is 1. The molecule has 0 radical (unpaired) electrons. The molecule has 0 aliphatic carbocycles. The molecular weight excluding hydrogens is 358 g/mol. The Hall–Kier alpha value is -3.61. The lowest BCUT2D eigenvalue weighted by atomic mass is 10.1. The summed E-state index contributed by atoms with van der Waals surface area (Å²) in [5.41, 5.74) is 3.12. The van der Waals surface area contributed by atoms with Gasteiger partial charge in [0, 0.05) is 5.69 Å². The van der Waals surface area contributed by atoms with Crippen molar-refractivity contribution in [2.24, 2.45) is 0 Å². The number of aromatic nitrogens is 1. The summed E-state index contributed by atoms with van der Waals surface area (Å²) in [4.78, 5) is 17.6. The van der Waals surface area contributed by atoms with Crippen LogP contribution in [0.3, 0.4) is 0 Å². The van der Waals surface area contributed by atoms with E-state index in [0.717, 1.165) is 11.3 Å². The normalized spacial score (nSPS) is 14.2. The van der Waals surface area contributed by atoms with Crippen molar-refractivity contribution in [3.8, 4) is 0 Å². The summed E-state index contributed by atoms with van der Waals surface area (Å²) < 4.78 is 10.7. The number of nitrogens with zero attached hydrogens (tertiary/aromatic N) is 2. The topological polar surface area (TPSA) is 99.7 Å². The fourth-order valence-electron chi connectivity index (χ4n) is 3.18. The van der Waals surface area contributed by atoms with Crippen molar-refractivity contribution >= 4 is 34.2 Å². The number of nitrogens with one attached hydrogen (secondary N) is 1. The van der Waals surface area contributed by atoms with E-state index < -0.39 is 0 Å². The van der Waals surface area contributed by atoms with Gasteiger partial charge in [0.05, 0.1) is 19.6 Å². The Morgan fingerprint density at radius 2 is 2.00 bits per heavy atom. The van der Waals surface area contributed by atoms with Gasteiger partial charge in [-0.2, -0.15) is 0 Å². The highest BCUT2D eigenvalue weighted by atomic mass is 16.5. The number of hydrogen-bond donors (Lipinski definition) is 2. The molecule has 2 heterocycles. The molecule has 7 heteroatoms. The third-order valence-electron chi connectivity index (χ3n) is 4.51. The molecular formula is C21H19N3O4. The molecule has 0 bridgehead atoms. The number of esters is 1. The predicted octanol–water partition coefficient (Wildman–Crippen LogP) is 3.70. The molecule has 0 atom stereocenters. The minimum absolute atomic E-state index is 0.0344. The zero-order valence-corrected chi connectivity index (χ0v) is 15.3. The smallest absolute Gasteiger partial charge is 0.310 e. The average molecular weight is 377 g/mol. The number of rotatable bonds is 5. The van der Waals surface area contributed by atoms with Crippen LogP contribution in [0.25, 0.3) is 16.7 Å². The molecule has 2 N–H and O–H groups in total. The van der Waals surface area contributed by atoms with Gasteiger partial charge in [0.1, 0.15) is 22.7 Å². The van der Waals surface area contributed by atoms with E-state index in [1.165, 1.54) is 0 Å². The van der Waals surface area contributed by atoms with Crippen LogP contribution < -0.4 is 4.90 Å². The number of benzene rings is 2. The molecule has 0 saturated heterocycles. The highest BCUT2D eigenvalue weighted by Crippen LogP contribution is 2.32. The Morgan fingerprint density at radius 1 is 1.25 bits per heavy atom. The van der Waals surface area contributed by atoms with E-state index in [0.29, 0.717) is 17.7 Å². The molecule has 1 aliphatic rings. The van der Waals surface area contributed by atoms with E-state index in [1.807, 2.05) is 42.5 Å². The number of amidine groups is 1. The maximum atomic E-state index is 11.6. The van der Waals surface area contributed by atoms with Gasteiger partial charge in [-0.25, -0.2) is 4.98 Å². The Kier molecular flexibility index (Phi) is 4.57. The standard InChI is InChI=1S/C21H19N3O4/c1-2-27-18(26)11-13-7-9-14(10-8-13)24-12-16(25)19(20(24)22)21-23-15-5-3-4-6-17(15)28-21/h3-10,22,25H,2,11-12H2,1H3. The third kappa shape index (κ3) is 3.22. The van der Waals surface area contributed by atoms with Crippen LogP contribution in [0.4, 0.5) is 5.69 Å². The molecule has 2 aromatic carbocycles. The van der Waals surface area contributed by atoms with Gasteiger partial charge in [-0.05, 0) is 36.8 Å². The SMILES string of the molecule is CCOC(=O)Cc1ccc(N2CC(O)=C(c3nc4ccccc4o3)C2=N)cc1. The summed E-state index contributed by atoms with van der Waals surface area (Å²) in [5.74, 6) is 0.0983. The molecule has 0 fully saturated rings. The maximum Gasteiger partial charge on any atom is 0.310 e. The van der Waals surface area contributed by atoms with E-state index >= 15 is 0 Å². The molecule has 0 amide bonds. The first-order chi connectivity index (χ1) is 13.6. The van der Waals surface area contributed by atoms with Crippen molar-refractivity contribution in [3.63, 3.8) is 0 Å². The number of para-hydroxylation sites is 2. The monoisotopic (exact) mass is 377 g/mol. The van der Waals surface area contributed by atoms with Crippen molar-refractivity contribution in [1.82, 2.24) is 4.98 Å². The summed E-state index contributed by atoms with van der Waals surface area (Å²) in [6.45, 7) is 2.28. The van der Waals surface area contributed by atoms with Crippen LogP contribution in [0.2, 0.25) is 0 Å².